The minimum atomic E-state index is -1.27. The average molecular weight is 979 g/mol. The molecule has 2 heterocycles. The molecule has 0 bridgehead atoms. The second-order valence-electron chi connectivity index (χ2n) is 13.6. The summed E-state index contributed by atoms with van der Waals surface area (Å²) >= 11 is 4.85. The Bertz CT molecular complexity index is 2800. The van der Waals surface area contributed by atoms with Gasteiger partial charge >= 0.3 is 0 Å². The van der Waals surface area contributed by atoms with Gasteiger partial charge in [-0.15, -0.1) is 11.3 Å². The Morgan fingerprint density at radius 1 is 0.569 bits per heavy atom. The molecule has 1 aliphatic heterocycles. The fourth-order valence-electron chi connectivity index (χ4n) is 5.90. The maximum absolute atomic E-state index is 13.4. The molecule has 0 atom stereocenters. The maximum atomic E-state index is 13.4. The summed E-state index contributed by atoms with van der Waals surface area (Å²) in [5, 5.41) is 37.2. The van der Waals surface area contributed by atoms with Crippen LogP contribution in [0, 0.1) is 34.9 Å². The summed E-state index contributed by atoms with van der Waals surface area (Å²) in [6.45, 7) is 1.34. The van der Waals surface area contributed by atoms with Crippen LogP contribution in [0.5, 0.6) is 34.5 Å². The highest BCUT2D eigenvalue weighted by molar-refractivity contribution is 9.11. The van der Waals surface area contributed by atoms with Gasteiger partial charge in [0, 0.05) is 23.5 Å². The van der Waals surface area contributed by atoms with Crippen LogP contribution in [0.1, 0.15) is 16.0 Å². The Hall–Kier alpha value is -7.18. The number of rotatable bonds is 13. The molecule has 0 saturated carbocycles. The summed E-state index contributed by atoms with van der Waals surface area (Å²) in [6, 6.07) is 34.6. The van der Waals surface area contributed by atoms with Crippen molar-refractivity contribution in [2.75, 3.05) is 36.3 Å². The van der Waals surface area contributed by atoms with Crippen molar-refractivity contribution in [2.24, 2.45) is 9.98 Å². The first-order valence-corrected chi connectivity index (χ1v) is 20.9. The van der Waals surface area contributed by atoms with Crippen LogP contribution in [-0.2, 0) is 13.1 Å². The number of hydrogen-bond donors (Lipinski definition) is 6. The Morgan fingerprint density at radius 2 is 1.11 bits per heavy atom. The van der Waals surface area contributed by atoms with Crippen molar-refractivity contribution in [3.63, 3.8) is 0 Å². The lowest BCUT2D eigenvalue weighted by Gasteiger charge is -2.11. The molecule has 7 aromatic rings. The standard InChI is InChI=1S/C20H17F2NO3.C16H13F2N3O.C11H8BrF2NOS/c1-25-14-5-7-15(8-6-14)26-16-4-2-3-13(11-16)12-23-18-10-9-17(21)19(22)20(18)24;17-11-6-7-12(16(22)14(11)18)19-8-13-15(21-9-20-13)10-4-2-1-3-5-10;12-9-4-1-6(17-9)5-15-8-3-2-7(13)10(14)11(8)16/h2-11,23-24H,12H2,1H3;1-7,19,22H,8-9H2;1-4,15-16H,5H2. The summed E-state index contributed by atoms with van der Waals surface area (Å²) in [6.07, 6.45) is 0. The van der Waals surface area contributed by atoms with Gasteiger partial charge in [0.2, 0.25) is 17.5 Å². The molecule has 1 aliphatic rings. The number of hydrogen-bond acceptors (Lipinski definition) is 11. The Kier molecular flexibility index (Phi) is 16.3. The van der Waals surface area contributed by atoms with E-state index in [-0.39, 0.29) is 23.6 Å². The predicted molar refractivity (Wildman–Crippen MR) is 244 cm³/mol. The predicted octanol–water partition coefficient (Wildman–Crippen LogP) is 12.2. The zero-order valence-corrected chi connectivity index (χ0v) is 36.5. The van der Waals surface area contributed by atoms with Crippen molar-refractivity contribution in [2.45, 2.75) is 13.1 Å². The summed E-state index contributed by atoms with van der Waals surface area (Å²) in [5.74, 6) is -7.17. The van der Waals surface area contributed by atoms with Gasteiger partial charge in [-0.25, -0.2) is 13.2 Å². The van der Waals surface area contributed by atoms with Gasteiger partial charge in [-0.3, -0.25) is 9.98 Å². The third-order valence-electron chi connectivity index (χ3n) is 9.22. The van der Waals surface area contributed by atoms with Crippen LogP contribution in [0.2, 0.25) is 0 Å². The van der Waals surface area contributed by atoms with E-state index in [1.165, 1.54) is 29.5 Å². The SMILES string of the molecule is COc1ccc(Oc2cccc(CNc3ccc(F)c(F)c3O)c2)cc1.Oc1c(NCC2=NCN=C2c2ccccc2)ccc(F)c1F.Oc1c(NCc2ccc(Br)s2)ccc(F)c1F. The molecule has 336 valence electrons. The largest absolute Gasteiger partial charge is 0.503 e. The molecule has 18 heteroatoms. The fraction of sp³-hybridized carbons (Fsp3) is 0.106. The summed E-state index contributed by atoms with van der Waals surface area (Å²) < 4.78 is 90.4. The zero-order valence-electron chi connectivity index (χ0n) is 34.1. The number of methoxy groups -OCH3 is 1. The molecule has 0 saturated heterocycles. The summed E-state index contributed by atoms with van der Waals surface area (Å²) in [4.78, 5) is 9.62. The van der Waals surface area contributed by atoms with Gasteiger partial charge < -0.3 is 40.7 Å². The third kappa shape index (κ3) is 12.7. The lowest BCUT2D eigenvalue weighted by Crippen LogP contribution is -2.22. The van der Waals surface area contributed by atoms with Gasteiger partial charge in [0.25, 0.3) is 0 Å². The number of benzene rings is 6. The molecule has 0 amide bonds. The van der Waals surface area contributed by atoms with Crippen molar-refractivity contribution >= 4 is 55.8 Å². The van der Waals surface area contributed by atoms with Crippen LogP contribution in [0.15, 0.2) is 141 Å². The smallest absolute Gasteiger partial charge is 0.202 e. The van der Waals surface area contributed by atoms with Crippen LogP contribution in [0.25, 0.3) is 0 Å². The van der Waals surface area contributed by atoms with E-state index in [1.54, 1.807) is 31.4 Å². The van der Waals surface area contributed by atoms with Gasteiger partial charge in [-0.1, -0.05) is 42.5 Å². The first-order valence-electron chi connectivity index (χ1n) is 19.3. The fourth-order valence-corrected chi connectivity index (χ4v) is 7.33. The number of nitrogens with one attached hydrogen (secondary N) is 3. The quantitative estimate of drug-likeness (QED) is 0.0496. The Balaban J connectivity index is 0.000000165. The van der Waals surface area contributed by atoms with E-state index >= 15 is 0 Å². The maximum Gasteiger partial charge on any atom is 0.202 e. The normalized spacial score (nSPS) is 11.6. The Morgan fingerprint density at radius 3 is 1.65 bits per heavy atom. The van der Waals surface area contributed by atoms with E-state index in [0.29, 0.717) is 37.0 Å². The molecule has 1 aromatic heterocycles. The van der Waals surface area contributed by atoms with E-state index in [4.69, 9.17) is 9.47 Å². The zero-order chi connectivity index (χ0) is 46.5. The molecule has 8 rings (SSSR count). The van der Waals surface area contributed by atoms with E-state index in [9.17, 15) is 41.7 Å². The second kappa shape index (κ2) is 22.4. The van der Waals surface area contributed by atoms with Gasteiger partial charge in [0.1, 0.15) is 23.9 Å². The number of anilines is 3. The minimum absolute atomic E-state index is 0.112. The number of thiophene rings is 1. The molecule has 0 spiro atoms. The molecular formula is C47H38BrF6N5O5S. The molecule has 6 aromatic carbocycles. The molecule has 0 radical (unpaired) electrons. The van der Waals surface area contributed by atoms with Crippen LogP contribution in [-0.4, -0.2) is 47.1 Å². The van der Waals surface area contributed by atoms with E-state index in [0.717, 1.165) is 49.5 Å². The van der Waals surface area contributed by atoms with E-state index < -0.39 is 52.2 Å². The minimum Gasteiger partial charge on any atom is -0.503 e. The average Bonchev–Trinajstić information content (AvgIpc) is 3.98. The number of ether oxygens (including phenoxy) is 2. The highest BCUT2D eigenvalue weighted by Gasteiger charge is 2.18. The number of aromatic hydroxyl groups is 3. The Labute approximate surface area is 381 Å². The van der Waals surface area contributed by atoms with Crippen molar-refractivity contribution < 1.29 is 51.1 Å². The van der Waals surface area contributed by atoms with Crippen molar-refractivity contribution in [1.82, 2.24) is 0 Å². The number of nitrogens with zero attached hydrogens (tertiary/aromatic N) is 2. The molecule has 10 nitrogen and oxygen atoms in total. The van der Waals surface area contributed by atoms with Gasteiger partial charge in [0.05, 0.1) is 45.9 Å². The highest BCUT2D eigenvalue weighted by Crippen LogP contribution is 2.32. The van der Waals surface area contributed by atoms with Gasteiger partial charge in [-0.2, -0.15) is 13.2 Å². The van der Waals surface area contributed by atoms with Crippen molar-refractivity contribution in [3.8, 4) is 34.5 Å². The van der Waals surface area contributed by atoms with Gasteiger partial charge in [0.15, 0.2) is 34.7 Å². The molecule has 65 heavy (non-hydrogen) atoms. The van der Waals surface area contributed by atoms with Crippen LogP contribution in [0.3, 0.4) is 0 Å². The van der Waals surface area contributed by atoms with Gasteiger partial charge in [-0.05, 0) is 106 Å². The first-order chi connectivity index (χ1) is 31.3. The number of aliphatic imine (C=N–C) groups is 2. The van der Waals surface area contributed by atoms with Crippen LogP contribution < -0.4 is 25.4 Å². The molecular weight excluding hydrogens is 941 g/mol. The number of phenolic OH excluding ortho intramolecular Hbond substituents is 3. The van der Waals surface area contributed by atoms with Crippen molar-refractivity contribution in [1.29, 1.82) is 0 Å². The lowest BCUT2D eigenvalue weighted by atomic mass is 10.1. The second-order valence-corrected chi connectivity index (χ2v) is 16.1. The third-order valence-corrected chi connectivity index (χ3v) is 10.8. The number of halogens is 7. The molecule has 0 aliphatic carbocycles. The lowest BCUT2D eigenvalue weighted by molar-refractivity contribution is 0.408. The highest BCUT2D eigenvalue weighted by atomic mass is 79.9. The topological polar surface area (TPSA) is 140 Å². The van der Waals surface area contributed by atoms with Crippen LogP contribution in [0.4, 0.5) is 43.4 Å². The van der Waals surface area contributed by atoms with Crippen LogP contribution >= 0.6 is 27.3 Å². The molecule has 0 fully saturated rings. The van der Waals surface area contributed by atoms with E-state index in [2.05, 4.69) is 41.9 Å². The number of phenols is 3. The summed E-state index contributed by atoms with van der Waals surface area (Å²) in [7, 11) is 1.59. The van der Waals surface area contributed by atoms with Crippen molar-refractivity contribution in [3.05, 3.63) is 182 Å². The molecule has 6 N–H and O–H groups in total. The van der Waals surface area contributed by atoms with E-state index in [1.807, 2.05) is 66.7 Å². The molecule has 0 unspecified atom stereocenters. The first kappa shape index (κ1) is 47.3. The monoisotopic (exact) mass is 977 g/mol. The summed E-state index contributed by atoms with van der Waals surface area (Å²) in [5.41, 5.74) is 3.65.